The molecule has 1 aliphatic rings. The molecule has 49 heavy (non-hydrogen) atoms. The Bertz CT molecular complexity index is 1590. The number of carbonyl (C=O) groups excluding carboxylic acids is 3. The number of benzene rings is 3. The molecule has 4 rings (SSSR count). The summed E-state index contributed by atoms with van der Waals surface area (Å²) < 4.78 is 17.2. The number of rotatable bonds is 14. The van der Waals surface area contributed by atoms with E-state index in [4.69, 9.17) is 14.2 Å². The van der Waals surface area contributed by atoms with Crippen molar-refractivity contribution < 1.29 is 33.7 Å². The van der Waals surface area contributed by atoms with E-state index in [9.17, 15) is 19.5 Å². The standard InChI is InChI=1S/C41H49NO7/c1-27(2)24-36(42-40(46)47-26-35-33-14-9-7-12-31(33)32-13-8-10-15-34(32)35)39(45)48-37(16-11-17-38(44)49-41(4,5)6)28(3)18-19-29-20-22-30(25-43)23-21-29/h7-15,17-23,27-28,35-37,43H,16,24-26H2,1-6H3,(H,42,46)/b17-11+,19-18+. The highest BCUT2D eigenvalue weighted by molar-refractivity contribution is 5.83. The number of amides is 1. The minimum atomic E-state index is -0.935. The molecule has 0 fully saturated rings. The number of aliphatic hydroxyl groups is 1. The molecule has 0 bridgehead atoms. The fourth-order valence-corrected chi connectivity index (χ4v) is 5.82. The van der Waals surface area contributed by atoms with Crippen molar-refractivity contribution in [2.45, 2.75) is 84.7 Å². The molecule has 260 valence electrons. The highest BCUT2D eigenvalue weighted by atomic mass is 16.6. The van der Waals surface area contributed by atoms with Gasteiger partial charge in [0.2, 0.25) is 0 Å². The van der Waals surface area contributed by atoms with Crippen LogP contribution in [0.3, 0.4) is 0 Å². The van der Waals surface area contributed by atoms with Crippen LogP contribution in [0.15, 0.2) is 91.0 Å². The molecular weight excluding hydrogens is 618 g/mol. The van der Waals surface area contributed by atoms with Gasteiger partial charge in [-0.25, -0.2) is 14.4 Å². The summed E-state index contributed by atoms with van der Waals surface area (Å²) in [4.78, 5) is 39.2. The van der Waals surface area contributed by atoms with Gasteiger partial charge in [-0.2, -0.15) is 0 Å². The molecule has 3 atom stereocenters. The smallest absolute Gasteiger partial charge is 0.407 e. The Balaban J connectivity index is 1.45. The molecule has 0 saturated carbocycles. The molecule has 0 saturated heterocycles. The van der Waals surface area contributed by atoms with Gasteiger partial charge in [0.05, 0.1) is 6.61 Å². The Labute approximate surface area is 290 Å². The van der Waals surface area contributed by atoms with Gasteiger partial charge in [0.25, 0.3) is 0 Å². The molecule has 0 heterocycles. The second-order valence-corrected chi connectivity index (χ2v) is 13.9. The summed E-state index contributed by atoms with van der Waals surface area (Å²) in [5.74, 6) is -1.35. The highest BCUT2D eigenvalue weighted by Gasteiger charge is 2.31. The van der Waals surface area contributed by atoms with E-state index in [1.165, 1.54) is 6.08 Å². The normalized spacial score (nSPS) is 14.7. The number of alkyl carbamates (subject to hydrolysis) is 1. The Hall–Kier alpha value is -4.69. The van der Waals surface area contributed by atoms with Gasteiger partial charge in [-0.1, -0.05) is 112 Å². The summed E-state index contributed by atoms with van der Waals surface area (Å²) in [6, 6.07) is 22.8. The fraction of sp³-hybridized carbons (Fsp3) is 0.390. The van der Waals surface area contributed by atoms with Gasteiger partial charge >= 0.3 is 18.0 Å². The third-order valence-corrected chi connectivity index (χ3v) is 8.26. The Morgan fingerprint density at radius 1 is 0.898 bits per heavy atom. The van der Waals surface area contributed by atoms with Crippen LogP contribution in [0.2, 0.25) is 0 Å². The summed E-state index contributed by atoms with van der Waals surface area (Å²) in [7, 11) is 0. The van der Waals surface area contributed by atoms with Crippen molar-refractivity contribution in [3.05, 3.63) is 113 Å². The van der Waals surface area contributed by atoms with Gasteiger partial charge in [0, 0.05) is 24.3 Å². The quantitative estimate of drug-likeness (QED) is 0.102. The second kappa shape index (κ2) is 17.1. The van der Waals surface area contributed by atoms with Gasteiger partial charge in [0.1, 0.15) is 24.4 Å². The lowest BCUT2D eigenvalue weighted by atomic mass is 9.98. The monoisotopic (exact) mass is 667 g/mol. The van der Waals surface area contributed by atoms with Gasteiger partial charge in [0.15, 0.2) is 0 Å². The van der Waals surface area contributed by atoms with E-state index in [-0.39, 0.29) is 37.4 Å². The van der Waals surface area contributed by atoms with Crippen LogP contribution in [0.5, 0.6) is 0 Å². The molecule has 8 heteroatoms. The number of hydrogen-bond acceptors (Lipinski definition) is 7. The lowest BCUT2D eigenvalue weighted by molar-refractivity contribution is -0.153. The topological polar surface area (TPSA) is 111 Å². The lowest BCUT2D eigenvalue weighted by Gasteiger charge is -2.26. The minimum absolute atomic E-state index is 0.0377. The van der Waals surface area contributed by atoms with Gasteiger partial charge in [-0.3, -0.25) is 0 Å². The predicted molar refractivity (Wildman–Crippen MR) is 191 cm³/mol. The first-order chi connectivity index (χ1) is 23.3. The zero-order valence-corrected chi connectivity index (χ0v) is 29.3. The maximum absolute atomic E-state index is 13.7. The summed E-state index contributed by atoms with van der Waals surface area (Å²) in [5, 5.41) is 12.1. The Kier molecular flexibility index (Phi) is 13.0. The molecule has 0 aliphatic heterocycles. The Morgan fingerprint density at radius 3 is 2.08 bits per heavy atom. The van der Waals surface area contributed by atoms with E-state index < -0.39 is 35.8 Å². The lowest BCUT2D eigenvalue weighted by Crippen LogP contribution is -2.44. The fourth-order valence-electron chi connectivity index (χ4n) is 5.82. The number of ether oxygens (including phenoxy) is 3. The van der Waals surface area contributed by atoms with E-state index in [1.54, 1.807) is 26.8 Å². The minimum Gasteiger partial charge on any atom is -0.460 e. The molecule has 3 unspecified atom stereocenters. The van der Waals surface area contributed by atoms with E-state index in [0.717, 1.165) is 33.4 Å². The van der Waals surface area contributed by atoms with E-state index in [0.29, 0.717) is 6.42 Å². The van der Waals surface area contributed by atoms with Gasteiger partial charge in [-0.05, 0) is 66.5 Å². The first kappa shape index (κ1) is 37.1. The van der Waals surface area contributed by atoms with Gasteiger partial charge < -0.3 is 24.6 Å². The zero-order chi connectivity index (χ0) is 35.6. The number of carbonyl (C=O) groups is 3. The predicted octanol–water partition coefficient (Wildman–Crippen LogP) is 7.98. The molecule has 0 spiro atoms. The van der Waals surface area contributed by atoms with Crippen LogP contribution < -0.4 is 5.32 Å². The third-order valence-electron chi connectivity index (χ3n) is 8.26. The Morgan fingerprint density at radius 2 is 1.51 bits per heavy atom. The molecule has 0 aromatic heterocycles. The molecule has 8 nitrogen and oxygen atoms in total. The molecule has 3 aromatic rings. The van der Waals surface area contributed by atoms with Crippen molar-refractivity contribution >= 4 is 24.1 Å². The van der Waals surface area contributed by atoms with E-state index >= 15 is 0 Å². The van der Waals surface area contributed by atoms with E-state index in [1.807, 2.05) is 81.5 Å². The summed E-state index contributed by atoms with van der Waals surface area (Å²) in [5.41, 5.74) is 5.56. The largest absolute Gasteiger partial charge is 0.460 e. The van der Waals surface area contributed by atoms with Crippen molar-refractivity contribution in [1.82, 2.24) is 5.32 Å². The number of nitrogens with one attached hydrogen (secondary N) is 1. The molecular formula is C41H49NO7. The first-order valence-electron chi connectivity index (χ1n) is 16.9. The summed E-state index contributed by atoms with van der Waals surface area (Å²) >= 11 is 0. The van der Waals surface area contributed by atoms with Crippen LogP contribution in [0.25, 0.3) is 17.2 Å². The van der Waals surface area contributed by atoms with Crippen LogP contribution in [-0.2, 0) is 30.4 Å². The average molecular weight is 668 g/mol. The number of hydrogen-bond donors (Lipinski definition) is 2. The van der Waals surface area contributed by atoms with Crippen LogP contribution in [-0.4, -0.2) is 47.5 Å². The third kappa shape index (κ3) is 10.9. The number of fused-ring (bicyclic) bond motifs is 3. The highest BCUT2D eigenvalue weighted by Crippen LogP contribution is 2.44. The van der Waals surface area contributed by atoms with Crippen LogP contribution in [0.1, 0.15) is 82.6 Å². The molecule has 2 N–H and O–H groups in total. The van der Waals surface area contributed by atoms with Crippen molar-refractivity contribution in [2.75, 3.05) is 6.61 Å². The molecule has 1 aliphatic carbocycles. The maximum Gasteiger partial charge on any atom is 0.407 e. The number of aliphatic hydroxyl groups excluding tert-OH is 1. The summed E-state index contributed by atoms with van der Waals surface area (Å²) in [6.45, 7) is 11.3. The average Bonchev–Trinajstić information content (AvgIpc) is 3.38. The summed E-state index contributed by atoms with van der Waals surface area (Å²) in [6.07, 6.45) is 6.11. The van der Waals surface area contributed by atoms with Crippen molar-refractivity contribution in [2.24, 2.45) is 11.8 Å². The van der Waals surface area contributed by atoms with Crippen molar-refractivity contribution in [3.8, 4) is 11.1 Å². The molecule has 1 amide bonds. The van der Waals surface area contributed by atoms with E-state index in [2.05, 4.69) is 29.6 Å². The number of esters is 2. The van der Waals surface area contributed by atoms with Crippen LogP contribution >= 0.6 is 0 Å². The van der Waals surface area contributed by atoms with Crippen LogP contribution in [0.4, 0.5) is 4.79 Å². The first-order valence-corrected chi connectivity index (χ1v) is 16.9. The molecule has 3 aromatic carbocycles. The SMILES string of the molecule is CC(C)CC(NC(=O)OCC1c2ccccc2-c2ccccc21)C(=O)OC(C/C=C/C(=O)OC(C)(C)C)C(C)/C=C/c1ccc(CO)cc1. The maximum atomic E-state index is 13.7. The molecule has 0 radical (unpaired) electrons. The van der Waals surface area contributed by atoms with Crippen molar-refractivity contribution in [1.29, 1.82) is 0 Å². The van der Waals surface area contributed by atoms with Crippen molar-refractivity contribution in [3.63, 3.8) is 0 Å². The van der Waals surface area contributed by atoms with Gasteiger partial charge in [-0.15, -0.1) is 0 Å². The van der Waals surface area contributed by atoms with Crippen LogP contribution in [0, 0.1) is 11.8 Å². The second-order valence-electron chi connectivity index (χ2n) is 13.9. The zero-order valence-electron chi connectivity index (χ0n) is 29.3.